The Kier molecular flexibility index (Phi) is 5.25. The first-order chi connectivity index (χ1) is 9.66. The Bertz CT molecular complexity index is 461. The van der Waals surface area contributed by atoms with Crippen molar-refractivity contribution in [2.75, 3.05) is 31.6 Å². The van der Waals surface area contributed by atoms with E-state index in [9.17, 15) is 10.1 Å². The van der Waals surface area contributed by atoms with Crippen LogP contribution in [0.25, 0.3) is 0 Å². The third-order valence-corrected chi connectivity index (χ3v) is 3.33. The lowest BCUT2D eigenvalue weighted by Gasteiger charge is -2.23. The summed E-state index contributed by atoms with van der Waals surface area (Å²) in [7, 11) is 0. The highest BCUT2D eigenvalue weighted by atomic mass is 16.6. The minimum absolute atomic E-state index is 0.0431. The van der Waals surface area contributed by atoms with Gasteiger partial charge in [-0.25, -0.2) is 4.98 Å². The second kappa shape index (κ2) is 7.16. The monoisotopic (exact) mass is 280 g/mol. The average molecular weight is 280 g/mol. The number of hydrogen-bond donors (Lipinski definition) is 2. The van der Waals surface area contributed by atoms with E-state index in [4.69, 9.17) is 4.74 Å². The van der Waals surface area contributed by atoms with Gasteiger partial charge in [0.2, 0.25) is 0 Å². The second-order valence-electron chi connectivity index (χ2n) is 4.86. The van der Waals surface area contributed by atoms with E-state index in [2.05, 4.69) is 15.6 Å². The molecule has 20 heavy (non-hydrogen) atoms. The molecular formula is C13H20N4O3. The van der Waals surface area contributed by atoms with Gasteiger partial charge < -0.3 is 15.4 Å². The highest BCUT2D eigenvalue weighted by Crippen LogP contribution is 2.18. The Morgan fingerprint density at radius 1 is 1.55 bits per heavy atom. The van der Waals surface area contributed by atoms with Crippen molar-refractivity contribution in [2.24, 2.45) is 0 Å². The van der Waals surface area contributed by atoms with Crippen molar-refractivity contribution in [2.45, 2.75) is 25.9 Å². The Hall–Kier alpha value is -1.73. The van der Waals surface area contributed by atoms with E-state index in [1.807, 2.05) is 0 Å². The van der Waals surface area contributed by atoms with Gasteiger partial charge in [-0.2, -0.15) is 0 Å². The molecule has 0 bridgehead atoms. The first kappa shape index (κ1) is 14.7. The Balaban J connectivity index is 1.73. The van der Waals surface area contributed by atoms with E-state index < -0.39 is 4.92 Å². The van der Waals surface area contributed by atoms with Crippen LogP contribution >= 0.6 is 0 Å². The molecule has 0 saturated carbocycles. The lowest BCUT2D eigenvalue weighted by molar-refractivity contribution is -0.385. The molecule has 1 aromatic heterocycles. The number of nitro groups is 1. The van der Waals surface area contributed by atoms with Crippen LogP contribution in [-0.2, 0) is 4.74 Å². The topological polar surface area (TPSA) is 89.3 Å². The molecule has 0 radical (unpaired) electrons. The number of piperidine rings is 1. The second-order valence-corrected chi connectivity index (χ2v) is 4.86. The van der Waals surface area contributed by atoms with Crippen LogP contribution < -0.4 is 10.6 Å². The molecule has 1 aromatic rings. The number of nitrogens with one attached hydrogen (secondary N) is 2. The number of ether oxygens (including phenoxy) is 1. The van der Waals surface area contributed by atoms with Crippen molar-refractivity contribution in [3.8, 4) is 0 Å². The van der Waals surface area contributed by atoms with Crippen molar-refractivity contribution >= 4 is 11.5 Å². The lowest BCUT2D eigenvalue weighted by atomic mass is 10.1. The van der Waals surface area contributed by atoms with Crippen LogP contribution in [0.5, 0.6) is 0 Å². The molecule has 1 fully saturated rings. The minimum atomic E-state index is -0.424. The molecule has 1 aliphatic rings. The van der Waals surface area contributed by atoms with Gasteiger partial charge in [-0.05, 0) is 38.9 Å². The third-order valence-electron chi connectivity index (χ3n) is 3.33. The van der Waals surface area contributed by atoms with Crippen LogP contribution in [0.3, 0.4) is 0 Å². The smallest absolute Gasteiger partial charge is 0.290 e. The predicted molar refractivity (Wildman–Crippen MR) is 76.0 cm³/mol. The maximum atomic E-state index is 10.7. The van der Waals surface area contributed by atoms with Gasteiger partial charge in [0.25, 0.3) is 5.69 Å². The molecule has 1 aliphatic heterocycles. The fourth-order valence-electron chi connectivity index (χ4n) is 2.20. The molecule has 0 unspecified atom stereocenters. The number of aromatic nitrogens is 1. The molecule has 1 saturated heterocycles. The van der Waals surface area contributed by atoms with Gasteiger partial charge in [-0.3, -0.25) is 10.1 Å². The maximum absolute atomic E-state index is 10.7. The van der Waals surface area contributed by atoms with Crippen LogP contribution in [-0.4, -0.2) is 42.3 Å². The fraction of sp³-hybridized carbons (Fsp3) is 0.615. The van der Waals surface area contributed by atoms with Crippen molar-refractivity contribution in [3.05, 3.63) is 27.9 Å². The van der Waals surface area contributed by atoms with E-state index >= 15 is 0 Å². The zero-order valence-corrected chi connectivity index (χ0v) is 11.6. The summed E-state index contributed by atoms with van der Waals surface area (Å²) in [4.78, 5) is 14.3. The van der Waals surface area contributed by atoms with E-state index in [0.717, 1.165) is 25.9 Å². The molecule has 0 aliphatic carbocycles. The normalized spacial score (nSPS) is 16.1. The van der Waals surface area contributed by atoms with E-state index in [-0.39, 0.29) is 5.69 Å². The van der Waals surface area contributed by atoms with Gasteiger partial charge in [0.15, 0.2) is 0 Å². The standard InChI is InChI=1S/C13H20N4O3/c1-10-8-13(16-9-12(10)17(18)19)15-6-7-20-11-2-4-14-5-3-11/h8-9,11,14H,2-7H2,1H3,(H,15,16). The number of aryl methyl sites for hydroxylation is 1. The van der Waals surface area contributed by atoms with Crippen LogP contribution in [0.1, 0.15) is 18.4 Å². The zero-order chi connectivity index (χ0) is 14.4. The van der Waals surface area contributed by atoms with Crippen LogP contribution in [0.4, 0.5) is 11.5 Å². The number of nitrogens with zero attached hydrogens (tertiary/aromatic N) is 2. The number of hydrogen-bond acceptors (Lipinski definition) is 6. The summed E-state index contributed by atoms with van der Waals surface area (Å²) in [5.74, 6) is 0.641. The largest absolute Gasteiger partial charge is 0.376 e. The first-order valence-electron chi connectivity index (χ1n) is 6.84. The van der Waals surface area contributed by atoms with E-state index in [0.29, 0.717) is 30.6 Å². The summed E-state index contributed by atoms with van der Waals surface area (Å²) in [6, 6.07) is 1.68. The molecule has 2 N–H and O–H groups in total. The first-order valence-corrected chi connectivity index (χ1v) is 6.84. The van der Waals surface area contributed by atoms with Gasteiger partial charge in [0.1, 0.15) is 12.0 Å². The summed E-state index contributed by atoms with van der Waals surface area (Å²) in [5.41, 5.74) is 0.647. The summed E-state index contributed by atoms with van der Waals surface area (Å²) in [5, 5.41) is 17.1. The fourth-order valence-corrected chi connectivity index (χ4v) is 2.20. The Morgan fingerprint density at radius 3 is 2.95 bits per heavy atom. The van der Waals surface area contributed by atoms with Gasteiger partial charge >= 0.3 is 0 Å². The van der Waals surface area contributed by atoms with Crippen molar-refractivity contribution in [1.82, 2.24) is 10.3 Å². The molecule has 110 valence electrons. The number of anilines is 1. The molecule has 0 amide bonds. The van der Waals surface area contributed by atoms with Gasteiger partial charge in [-0.15, -0.1) is 0 Å². The summed E-state index contributed by atoms with van der Waals surface area (Å²) in [6.07, 6.45) is 3.72. The maximum Gasteiger partial charge on any atom is 0.290 e. The average Bonchev–Trinajstić information content (AvgIpc) is 2.44. The summed E-state index contributed by atoms with van der Waals surface area (Å²) in [6.45, 7) is 5.00. The number of rotatable bonds is 6. The van der Waals surface area contributed by atoms with Gasteiger partial charge in [0, 0.05) is 12.1 Å². The van der Waals surface area contributed by atoms with Crippen molar-refractivity contribution < 1.29 is 9.66 Å². The van der Waals surface area contributed by atoms with E-state index in [1.54, 1.807) is 13.0 Å². The highest BCUT2D eigenvalue weighted by Gasteiger charge is 2.13. The van der Waals surface area contributed by atoms with Crippen molar-refractivity contribution in [1.29, 1.82) is 0 Å². The van der Waals surface area contributed by atoms with Crippen LogP contribution in [0.2, 0.25) is 0 Å². The van der Waals surface area contributed by atoms with Gasteiger partial charge in [-0.1, -0.05) is 0 Å². The molecule has 0 spiro atoms. The predicted octanol–water partition coefficient (Wildman–Crippen LogP) is 1.48. The van der Waals surface area contributed by atoms with Crippen LogP contribution in [0.15, 0.2) is 12.3 Å². The molecule has 0 aromatic carbocycles. The molecule has 2 heterocycles. The molecular weight excluding hydrogens is 260 g/mol. The molecule has 0 atom stereocenters. The summed E-state index contributed by atoms with van der Waals surface area (Å²) < 4.78 is 5.76. The van der Waals surface area contributed by atoms with Crippen molar-refractivity contribution in [3.63, 3.8) is 0 Å². The molecule has 2 rings (SSSR count). The minimum Gasteiger partial charge on any atom is -0.376 e. The van der Waals surface area contributed by atoms with E-state index in [1.165, 1.54) is 6.20 Å². The van der Waals surface area contributed by atoms with Gasteiger partial charge in [0.05, 0.1) is 17.6 Å². The Labute approximate surface area is 117 Å². The van der Waals surface area contributed by atoms with Crippen LogP contribution in [0, 0.1) is 17.0 Å². The summed E-state index contributed by atoms with van der Waals surface area (Å²) >= 11 is 0. The molecule has 7 heteroatoms. The lowest BCUT2D eigenvalue weighted by Crippen LogP contribution is -2.33. The number of pyridine rings is 1. The zero-order valence-electron chi connectivity index (χ0n) is 11.6. The molecule has 7 nitrogen and oxygen atoms in total. The third kappa shape index (κ3) is 4.14. The SMILES string of the molecule is Cc1cc(NCCOC2CCNCC2)ncc1[N+](=O)[O-]. The highest BCUT2D eigenvalue weighted by molar-refractivity contribution is 5.46. The quantitative estimate of drug-likeness (QED) is 0.466. The Morgan fingerprint density at radius 2 is 2.30 bits per heavy atom.